The van der Waals surface area contributed by atoms with Gasteiger partial charge in [-0.15, -0.1) is 0 Å². The number of nitrogens with two attached hydrogens (primary N) is 1. The first-order valence-electron chi connectivity index (χ1n) is 9.56. The molecule has 1 aliphatic carbocycles. The van der Waals surface area contributed by atoms with E-state index in [1.165, 1.54) is 0 Å². The van der Waals surface area contributed by atoms with Gasteiger partial charge in [0.25, 0.3) is 11.7 Å². The van der Waals surface area contributed by atoms with E-state index in [-0.39, 0.29) is 10.6 Å². The Morgan fingerprint density at radius 3 is 2.66 bits per heavy atom. The zero-order valence-electron chi connectivity index (χ0n) is 15.7. The van der Waals surface area contributed by atoms with Gasteiger partial charge in [-0.25, -0.2) is 4.79 Å². The average Bonchev–Trinajstić information content (AvgIpc) is 3.11. The van der Waals surface area contributed by atoms with E-state index in [4.69, 9.17) is 27.4 Å². The maximum absolute atomic E-state index is 13.1. The summed E-state index contributed by atoms with van der Waals surface area (Å²) >= 11 is 5.10. The van der Waals surface area contributed by atoms with Gasteiger partial charge in [0.1, 0.15) is 11.5 Å². The number of thiocarbonyl (C=S) groups is 1. The topological polar surface area (TPSA) is 121 Å². The molecule has 1 aliphatic heterocycles. The molecule has 2 aromatic rings. The van der Waals surface area contributed by atoms with Crippen LogP contribution in [-0.4, -0.2) is 26.8 Å². The molecular weight excluding hydrogens is 390 g/mol. The first-order chi connectivity index (χ1) is 14.0. The quantitative estimate of drug-likeness (QED) is 0.518. The molecule has 0 bridgehead atoms. The van der Waals surface area contributed by atoms with E-state index >= 15 is 0 Å². The number of hydrogen-bond donors (Lipinski definition) is 3. The van der Waals surface area contributed by atoms with Crippen molar-refractivity contribution >= 4 is 34.1 Å². The number of hydrogen-bond acceptors (Lipinski definition) is 6. The number of H-pyrrole nitrogens is 1. The average molecular weight is 411 g/mol. The summed E-state index contributed by atoms with van der Waals surface area (Å²) in [6.07, 6.45) is 5.44. The molecule has 0 amide bonds. The number of aromatic nitrogens is 1. The summed E-state index contributed by atoms with van der Waals surface area (Å²) in [4.78, 5) is 16.1. The van der Waals surface area contributed by atoms with Crippen molar-refractivity contribution in [3.63, 3.8) is 0 Å². The minimum atomic E-state index is -1.14. The van der Waals surface area contributed by atoms with Crippen molar-refractivity contribution in [1.82, 2.24) is 4.98 Å². The minimum Gasteiger partial charge on any atom is -0.480 e. The number of ether oxygens (including phenoxy) is 2. The number of nitriles is 1. The summed E-state index contributed by atoms with van der Waals surface area (Å²) in [5.41, 5.74) is 7.13. The summed E-state index contributed by atoms with van der Waals surface area (Å²) in [6, 6.07) is 9.52. The lowest BCUT2D eigenvalue weighted by molar-refractivity contribution is -0.250. The van der Waals surface area contributed by atoms with Crippen molar-refractivity contribution in [2.24, 2.45) is 11.7 Å². The van der Waals surface area contributed by atoms with Crippen LogP contribution >= 0.6 is 12.2 Å². The van der Waals surface area contributed by atoms with Crippen LogP contribution in [0.5, 0.6) is 0 Å². The first-order valence-corrected chi connectivity index (χ1v) is 9.97. The number of aliphatic hydroxyl groups is 1. The van der Waals surface area contributed by atoms with Crippen LogP contribution in [0.2, 0.25) is 0 Å². The number of fused-ring (bicyclic) bond motifs is 1. The van der Waals surface area contributed by atoms with Crippen LogP contribution < -0.4 is 5.73 Å². The van der Waals surface area contributed by atoms with Gasteiger partial charge in [-0.2, -0.15) is 5.26 Å². The van der Waals surface area contributed by atoms with E-state index in [9.17, 15) is 15.2 Å². The Morgan fingerprint density at radius 1 is 1.28 bits per heavy atom. The molecule has 29 heavy (non-hydrogen) atoms. The van der Waals surface area contributed by atoms with E-state index in [0.717, 1.165) is 30.2 Å². The molecule has 2 unspecified atom stereocenters. The molecule has 0 saturated heterocycles. The fraction of sp³-hybridized carbons (Fsp3) is 0.381. The summed E-state index contributed by atoms with van der Waals surface area (Å²) in [5, 5.41) is 21.3. The second kappa shape index (κ2) is 7.41. The van der Waals surface area contributed by atoms with Gasteiger partial charge in [-0.3, -0.25) is 0 Å². The molecule has 2 aliphatic rings. The number of nitrogens with one attached hydrogen (secondary N) is 1. The van der Waals surface area contributed by atoms with E-state index in [1.54, 1.807) is 6.20 Å². The molecule has 0 radical (unpaired) electrons. The predicted molar refractivity (Wildman–Crippen MR) is 110 cm³/mol. The van der Waals surface area contributed by atoms with Crippen molar-refractivity contribution in [3.8, 4) is 6.07 Å². The van der Waals surface area contributed by atoms with Gasteiger partial charge in [0.2, 0.25) is 0 Å². The van der Waals surface area contributed by atoms with Crippen molar-refractivity contribution in [2.75, 3.05) is 0 Å². The van der Waals surface area contributed by atoms with Crippen LogP contribution in [0.3, 0.4) is 0 Å². The molecule has 8 heteroatoms. The number of nitrogens with zero attached hydrogens (tertiary/aromatic N) is 1. The zero-order valence-corrected chi connectivity index (χ0v) is 16.5. The number of aromatic amines is 1. The number of carbonyl (C=O) groups is 1. The van der Waals surface area contributed by atoms with E-state index < -0.39 is 29.5 Å². The Morgan fingerprint density at radius 2 is 2.00 bits per heavy atom. The molecule has 1 spiro atoms. The molecule has 1 aromatic heterocycles. The van der Waals surface area contributed by atoms with Crippen LogP contribution in [0.4, 0.5) is 0 Å². The Bertz CT molecular complexity index is 1050. The fourth-order valence-corrected chi connectivity index (χ4v) is 4.46. The van der Waals surface area contributed by atoms with Gasteiger partial charge in [0.05, 0.1) is 11.1 Å². The number of benzene rings is 1. The lowest BCUT2D eigenvalue weighted by Crippen LogP contribution is -2.45. The smallest absolute Gasteiger partial charge is 0.345 e. The summed E-state index contributed by atoms with van der Waals surface area (Å²) < 4.78 is 11.4. The molecular formula is C21H21N3O4S. The van der Waals surface area contributed by atoms with E-state index in [2.05, 4.69) is 11.1 Å². The maximum atomic E-state index is 13.1. The normalized spacial score (nSPS) is 20.6. The van der Waals surface area contributed by atoms with Gasteiger partial charge in [0, 0.05) is 35.9 Å². The van der Waals surface area contributed by atoms with Crippen molar-refractivity contribution in [1.29, 1.82) is 5.26 Å². The highest BCUT2D eigenvalue weighted by atomic mass is 32.1. The molecule has 1 fully saturated rings. The van der Waals surface area contributed by atoms with Gasteiger partial charge in [-0.1, -0.05) is 36.8 Å². The Hall–Kier alpha value is -3.05. The van der Waals surface area contributed by atoms with Gasteiger partial charge < -0.3 is 25.3 Å². The molecule has 4 N–H and O–H groups in total. The first kappa shape index (κ1) is 19.3. The van der Waals surface area contributed by atoms with Crippen molar-refractivity contribution in [2.45, 2.75) is 43.8 Å². The second-order valence-corrected chi connectivity index (χ2v) is 7.93. The van der Waals surface area contributed by atoms with Crippen LogP contribution in [0, 0.1) is 17.2 Å². The maximum Gasteiger partial charge on any atom is 0.345 e. The molecule has 2 heterocycles. The third-order valence-corrected chi connectivity index (χ3v) is 5.93. The lowest BCUT2D eigenvalue weighted by Gasteiger charge is -2.40. The van der Waals surface area contributed by atoms with Gasteiger partial charge in [-0.05, 0) is 24.5 Å². The number of aliphatic hydroxyl groups excluding tert-OH is 1. The highest BCUT2D eigenvalue weighted by Crippen LogP contribution is 2.44. The Kier molecular flexibility index (Phi) is 4.92. The van der Waals surface area contributed by atoms with Crippen molar-refractivity contribution < 1.29 is 19.4 Å². The standard InChI is InChI=1S/C21H21N3O4S/c22-10-13(18(23)29)16(14-11-24-15-7-3-2-6-12(14)15)17-19(25)27-21(28-20(17)26)8-4-1-5-9-21/h2-3,6-7,11,13,16,24-25H,1,4-5,8-9H2,(H2,23,29). The Balaban J connectivity index is 1.85. The largest absolute Gasteiger partial charge is 0.480 e. The summed E-state index contributed by atoms with van der Waals surface area (Å²) in [6.45, 7) is 0. The molecule has 2 atom stereocenters. The molecule has 150 valence electrons. The van der Waals surface area contributed by atoms with Gasteiger partial charge in [0.15, 0.2) is 0 Å². The third-order valence-electron chi connectivity index (χ3n) is 5.67. The predicted octanol–water partition coefficient (Wildman–Crippen LogP) is 3.68. The highest BCUT2D eigenvalue weighted by molar-refractivity contribution is 7.80. The fourth-order valence-electron chi connectivity index (χ4n) is 4.27. The summed E-state index contributed by atoms with van der Waals surface area (Å²) in [5.74, 6) is -4.32. The second-order valence-electron chi connectivity index (χ2n) is 7.46. The van der Waals surface area contributed by atoms with Crippen LogP contribution in [0.15, 0.2) is 42.0 Å². The Labute approximate surface area is 173 Å². The van der Waals surface area contributed by atoms with Crippen LogP contribution in [-0.2, 0) is 14.3 Å². The lowest BCUT2D eigenvalue weighted by atomic mass is 9.80. The zero-order chi connectivity index (χ0) is 20.6. The van der Waals surface area contributed by atoms with Crippen molar-refractivity contribution in [3.05, 3.63) is 47.5 Å². The minimum absolute atomic E-state index is 0.0752. The number of carbonyl (C=O) groups excluding carboxylic acids is 1. The van der Waals surface area contributed by atoms with Crippen LogP contribution in [0.25, 0.3) is 10.9 Å². The number of para-hydroxylation sites is 1. The van der Waals surface area contributed by atoms with Gasteiger partial charge >= 0.3 is 5.97 Å². The molecule has 7 nitrogen and oxygen atoms in total. The molecule has 4 rings (SSSR count). The third kappa shape index (κ3) is 3.32. The SMILES string of the molecule is N#CC(C(N)=S)C(C1=C(O)OC2(CCCCC2)OC1=O)c1c[nH]c2ccccc12. The molecule has 1 aromatic carbocycles. The monoisotopic (exact) mass is 411 g/mol. The number of esters is 1. The van der Waals surface area contributed by atoms with E-state index in [1.807, 2.05) is 24.3 Å². The van der Waals surface area contributed by atoms with Crippen LogP contribution in [0.1, 0.15) is 43.6 Å². The molecule has 1 saturated carbocycles. The summed E-state index contributed by atoms with van der Waals surface area (Å²) in [7, 11) is 0. The highest BCUT2D eigenvalue weighted by Gasteiger charge is 2.48. The number of rotatable bonds is 4. The van der Waals surface area contributed by atoms with E-state index in [0.29, 0.717) is 18.4 Å².